The molecule has 0 bridgehead atoms. The molecule has 0 amide bonds. The highest BCUT2D eigenvalue weighted by molar-refractivity contribution is 7.89. The van der Waals surface area contributed by atoms with Crippen LogP contribution in [0.5, 0.6) is 0 Å². The van der Waals surface area contributed by atoms with Crippen LogP contribution in [0.15, 0.2) is 24.3 Å². The van der Waals surface area contributed by atoms with Crippen molar-refractivity contribution in [2.75, 3.05) is 12.9 Å². The van der Waals surface area contributed by atoms with E-state index in [-0.39, 0.29) is 5.75 Å². The first-order valence-corrected chi connectivity index (χ1v) is 7.90. The van der Waals surface area contributed by atoms with Gasteiger partial charge in [-0.3, -0.25) is 0 Å². The number of hydrogen-bond acceptors (Lipinski definition) is 3. The molecule has 2 atom stereocenters. The highest BCUT2D eigenvalue weighted by Crippen LogP contribution is 2.29. The van der Waals surface area contributed by atoms with Gasteiger partial charge in [-0.2, -0.15) is 13.2 Å². The smallest absolute Gasteiger partial charge is 0.381 e. The van der Waals surface area contributed by atoms with Crippen molar-refractivity contribution in [3.63, 3.8) is 0 Å². The van der Waals surface area contributed by atoms with Crippen LogP contribution in [0.3, 0.4) is 0 Å². The standard InChI is InChI=1S/C13H18F3NO3S/c1-9(20-3)8-21(18,19)17-10(2)11-4-6-12(7-5-11)13(14,15)16/h4-7,9-10,17H,8H2,1-3H3/t9-,10-/m1/s1. The van der Waals surface area contributed by atoms with E-state index in [4.69, 9.17) is 4.74 Å². The Kier molecular flexibility index (Phi) is 5.77. The van der Waals surface area contributed by atoms with Crippen LogP contribution in [0.25, 0.3) is 0 Å². The van der Waals surface area contributed by atoms with Gasteiger partial charge >= 0.3 is 6.18 Å². The highest BCUT2D eigenvalue weighted by atomic mass is 32.2. The van der Waals surface area contributed by atoms with Crippen molar-refractivity contribution in [2.45, 2.75) is 32.2 Å². The molecule has 4 nitrogen and oxygen atoms in total. The topological polar surface area (TPSA) is 55.4 Å². The number of alkyl halides is 3. The van der Waals surface area contributed by atoms with Crippen molar-refractivity contribution >= 4 is 10.0 Å². The van der Waals surface area contributed by atoms with E-state index < -0.39 is 33.9 Å². The maximum absolute atomic E-state index is 12.4. The van der Waals surface area contributed by atoms with Gasteiger partial charge in [-0.25, -0.2) is 13.1 Å². The molecule has 0 aliphatic rings. The summed E-state index contributed by atoms with van der Waals surface area (Å²) in [5, 5.41) is 0. The van der Waals surface area contributed by atoms with E-state index in [1.165, 1.54) is 19.2 Å². The third-order valence-corrected chi connectivity index (χ3v) is 4.57. The fourth-order valence-electron chi connectivity index (χ4n) is 1.72. The minimum Gasteiger partial charge on any atom is -0.381 e. The molecule has 120 valence electrons. The molecule has 0 unspecified atom stereocenters. The van der Waals surface area contributed by atoms with E-state index in [0.717, 1.165) is 12.1 Å². The Bertz CT molecular complexity index is 555. The van der Waals surface area contributed by atoms with E-state index in [2.05, 4.69) is 4.72 Å². The Morgan fingerprint density at radius 1 is 1.19 bits per heavy atom. The van der Waals surface area contributed by atoms with Crippen molar-refractivity contribution in [1.29, 1.82) is 0 Å². The molecule has 0 aliphatic heterocycles. The van der Waals surface area contributed by atoms with Crippen LogP contribution in [-0.2, 0) is 20.9 Å². The summed E-state index contributed by atoms with van der Waals surface area (Å²) < 4.78 is 68.3. The second-order valence-electron chi connectivity index (χ2n) is 4.79. The van der Waals surface area contributed by atoms with Gasteiger partial charge in [-0.15, -0.1) is 0 Å². The van der Waals surface area contributed by atoms with Gasteiger partial charge in [0.1, 0.15) is 0 Å². The number of nitrogens with one attached hydrogen (secondary N) is 1. The molecule has 0 saturated heterocycles. The fourth-order valence-corrected chi connectivity index (χ4v) is 3.25. The summed E-state index contributed by atoms with van der Waals surface area (Å²) in [4.78, 5) is 0. The van der Waals surface area contributed by atoms with Crippen LogP contribution >= 0.6 is 0 Å². The molecule has 0 radical (unpaired) electrons. The van der Waals surface area contributed by atoms with Gasteiger partial charge in [0.2, 0.25) is 10.0 Å². The number of ether oxygens (including phenoxy) is 1. The Labute approximate surface area is 122 Å². The van der Waals surface area contributed by atoms with E-state index >= 15 is 0 Å². The average molecular weight is 325 g/mol. The summed E-state index contributed by atoms with van der Waals surface area (Å²) in [5.74, 6) is -0.214. The second kappa shape index (κ2) is 6.76. The first-order valence-electron chi connectivity index (χ1n) is 6.25. The maximum atomic E-state index is 12.4. The fraction of sp³-hybridized carbons (Fsp3) is 0.538. The van der Waals surface area contributed by atoms with Gasteiger partial charge in [0.25, 0.3) is 0 Å². The quantitative estimate of drug-likeness (QED) is 0.875. The van der Waals surface area contributed by atoms with E-state index in [1.807, 2.05) is 0 Å². The largest absolute Gasteiger partial charge is 0.416 e. The first kappa shape index (κ1) is 17.9. The lowest BCUT2D eigenvalue weighted by Gasteiger charge is -2.17. The normalized spacial score (nSPS) is 15.7. The van der Waals surface area contributed by atoms with Crippen LogP contribution in [0, 0.1) is 0 Å². The van der Waals surface area contributed by atoms with Gasteiger partial charge < -0.3 is 4.74 Å². The second-order valence-corrected chi connectivity index (χ2v) is 6.59. The van der Waals surface area contributed by atoms with Crippen molar-refractivity contribution < 1.29 is 26.3 Å². The molecule has 8 heteroatoms. The van der Waals surface area contributed by atoms with E-state index in [1.54, 1.807) is 13.8 Å². The van der Waals surface area contributed by atoms with Crippen LogP contribution in [0.4, 0.5) is 13.2 Å². The number of benzene rings is 1. The number of halogens is 3. The van der Waals surface area contributed by atoms with Crippen LogP contribution in [-0.4, -0.2) is 27.4 Å². The Morgan fingerprint density at radius 2 is 1.71 bits per heavy atom. The monoisotopic (exact) mass is 325 g/mol. The van der Waals surface area contributed by atoms with Gasteiger partial charge in [0, 0.05) is 13.2 Å². The van der Waals surface area contributed by atoms with Gasteiger partial charge in [0.05, 0.1) is 17.4 Å². The number of sulfonamides is 1. The third kappa shape index (κ3) is 5.64. The molecule has 1 aromatic rings. The van der Waals surface area contributed by atoms with E-state index in [9.17, 15) is 21.6 Å². The van der Waals surface area contributed by atoms with Crippen LogP contribution in [0.1, 0.15) is 31.0 Å². The zero-order chi connectivity index (χ0) is 16.3. The molecule has 0 aliphatic carbocycles. The van der Waals surface area contributed by atoms with E-state index in [0.29, 0.717) is 5.56 Å². The summed E-state index contributed by atoms with van der Waals surface area (Å²) >= 11 is 0. The number of methoxy groups -OCH3 is 1. The molecule has 0 aromatic heterocycles. The van der Waals surface area contributed by atoms with Gasteiger partial charge in [0.15, 0.2) is 0 Å². The van der Waals surface area contributed by atoms with Crippen LogP contribution < -0.4 is 4.72 Å². The zero-order valence-corrected chi connectivity index (χ0v) is 12.8. The molecular weight excluding hydrogens is 307 g/mol. The molecule has 0 saturated carbocycles. The SMILES string of the molecule is CO[C@H](C)CS(=O)(=O)N[C@H](C)c1ccc(C(F)(F)F)cc1. The van der Waals surface area contributed by atoms with Crippen molar-refractivity contribution in [1.82, 2.24) is 4.72 Å². The summed E-state index contributed by atoms with van der Waals surface area (Å²) in [6.07, 6.45) is -4.88. The number of hydrogen-bond donors (Lipinski definition) is 1. The molecule has 21 heavy (non-hydrogen) atoms. The lowest BCUT2D eigenvalue weighted by molar-refractivity contribution is -0.137. The highest BCUT2D eigenvalue weighted by Gasteiger charge is 2.30. The molecule has 0 fully saturated rings. The lowest BCUT2D eigenvalue weighted by Crippen LogP contribution is -2.33. The molecule has 1 aromatic carbocycles. The third-order valence-electron chi connectivity index (χ3n) is 2.95. The summed E-state index contributed by atoms with van der Waals surface area (Å²) in [6, 6.07) is 3.75. The molecule has 0 spiro atoms. The number of rotatable bonds is 6. The van der Waals surface area contributed by atoms with Gasteiger partial charge in [-0.1, -0.05) is 12.1 Å². The van der Waals surface area contributed by atoms with Crippen molar-refractivity contribution in [3.8, 4) is 0 Å². The van der Waals surface area contributed by atoms with Crippen LogP contribution in [0.2, 0.25) is 0 Å². The molecular formula is C13H18F3NO3S. The predicted octanol–water partition coefficient (Wildman–Crippen LogP) is 2.72. The molecule has 1 rings (SSSR count). The molecule has 0 heterocycles. The average Bonchev–Trinajstić information content (AvgIpc) is 2.36. The predicted molar refractivity (Wildman–Crippen MR) is 73.3 cm³/mol. The Hall–Kier alpha value is -1.12. The zero-order valence-electron chi connectivity index (χ0n) is 11.9. The molecule has 1 N–H and O–H groups in total. The maximum Gasteiger partial charge on any atom is 0.416 e. The minimum atomic E-state index is -4.41. The Balaban J connectivity index is 2.78. The summed E-state index contributed by atoms with van der Waals surface area (Å²) in [7, 11) is -2.17. The Morgan fingerprint density at radius 3 is 2.14 bits per heavy atom. The van der Waals surface area contributed by atoms with Gasteiger partial charge in [-0.05, 0) is 31.5 Å². The van der Waals surface area contributed by atoms with Crippen molar-refractivity contribution in [3.05, 3.63) is 35.4 Å². The lowest BCUT2D eigenvalue weighted by atomic mass is 10.1. The minimum absolute atomic E-state index is 0.214. The summed E-state index contributed by atoms with van der Waals surface area (Å²) in [5.41, 5.74) is -0.314. The van der Waals surface area contributed by atoms with Crippen molar-refractivity contribution in [2.24, 2.45) is 0 Å². The first-order chi connectivity index (χ1) is 9.55. The summed E-state index contributed by atoms with van der Waals surface area (Å²) in [6.45, 7) is 3.18.